The molecular weight excluding hydrogens is 291 g/mol. The fourth-order valence-electron chi connectivity index (χ4n) is 2.47. The number of aromatic nitrogens is 1. The predicted molar refractivity (Wildman–Crippen MR) is 70.8 cm³/mol. The van der Waals surface area contributed by atoms with Crippen LogP contribution in [-0.4, -0.2) is 11.1 Å². The summed E-state index contributed by atoms with van der Waals surface area (Å²) in [5.74, 6) is 1.07. The van der Waals surface area contributed by atoms with Gasteiger partial charge in [-0.25, -0.2) is 4.98 Å². The third-order valence-corrected chi connectivity index (χ3v) is 4.13. The molecule has 112 valence electrons. The van der Waals surface area contributed by atoms with Crippen LogP contribution >= 0.6 is 11.6 Å². The molecule has 0 spiro atoms. The number of alkyl halides is 3. The van der Waals surface area contributed by atoms with Crippen molar-refractivity contribution in [1.82, 2.24) is 4.98 Å². The van der Waals surface area contributed by atoms with Crippen molar-refractivity contribution in [2.24, 2.45) is 11.8 Å². The summed E-state index contributed by atoms with van der Waals surface area (Å²) in [6, 6.07) is 1.72. The van der Waals surface area contributed by atoms with E-state index in [1.807, 2.05) is 0 Å². The van der Waals surface area contributed by atoms with Crippen LogP contribution in [-0.2, 0) is 6.18 Å². The van der Waals surface area contributed by atoms with E-state index in [9.17, 15) is 13.2 Å². The van der Waals surface area contributed by atoms with Gasteiger partial charge in [-0.1, -0.05) is 25.4 Å². The molecule has 6 heteroatoms. The summed E-state index contributed by atoms with van der Waals surface area (Å²) in [4.78, 5) is 3.83. The van der Waals surface area contributed by atoms with Gasteiger partial charge in [0.1, 0.15) is 11.3 Å². The Bertz CT molecular complexity index is 478. The molecule has 0 aromatic carbocycles. The average molecular weight is 308 g/mol. The Morgan fingerprint density at radius 1 is 1.20 bits per heavy atom. The molecule has 0 bridgehead atoms. The van der Waals surface area contributed by atoms with E-state index in [4.69, 9.17) is 16.3 Å². The van der Waals surface area contributed by atoms with E-state index in [1.165, 1.54) is 0 Å². The van der Waals surface area contributed by atoms with Gasteiger partial charge in [-0.15, -0.1) is 0 Å². The van der Waals surface area contributed by atoms with Crippen LogP contribution in [0.25, 0.3) is 0 Å². The van der Waals surface area contributed by atoms with Crippen molar-refractivity contribution in [2.45, 2.75) is 45.4 Å². The fraction of sp³-hybridized carbons (Fsp3) is 0.643. The zero-order valence-corrected chi connectivity index (χ0v) is 12.1. The number of hydrogen-bond acceptors (Lipinski definition) is 2. The highest BCUT2D eigenvalue weighted by Gasteiger charge is 2.32. The third-order valence-electron chi connectivity index (χ3n) is 3.94. The molecule has 3 unspecified atom stereocenters. The van der Waals surface area contributed by atoms with Crippen molar-refractivity contribution in [3.63, 3.8) is 0 Å². The minimum absolute atomic E-state index is 0.0448. The lowest BCUT2D eigenvalue weighted by molar-refractivity contribution is -0.137. The molecule has 0 saturated heterocycles. The summed E-state index contributed by atoms with van der Waals surface area (Å²) in [6.45, 7) is 4.31. The molecule has 20 heavy (non-hydrogen) atoms. The van der Waals surface area contributed by atoms with Crippen LogP contribution in [0.1, 0.15) is 38.7 Å². The summed E-state index contributed by atoms with van der Waals surface area (Å²) in [6.07, 6.45) is -1.86. The number of ether oxygens (including phenoxy) is 1. The molecule has 0 radical (unpaired) electrons. The Hall–Kier alpha value is -0.970. The first-order valence-electron chi connectivity index (χ1n) is 6.67. The van der Waals surface area contributed by atoms with E-state index in [0.717, 1.165) is 31.4 Å². The minimum atomic E-state index is -4.45. The summed E-state index contributed by atoms with van der Waals surface area (Å²) in [5, 5.41) is -0.202. The second kappa shape index (κ2) is 5.80. The lowest BCUT2D eigenvalue weighted by Gasteiger charge is -2.32. The van der Waals surface area contributed by atoms with Crippen LogP contribution in [0, 0.1) is 11.8 Å². The van der Waals surface area contributed by atoms with E-state index in [2.05, 4.69) is 18.8 Å². The molecule has 1 aromatic rings. The van der Waals surface area contributed by atoms with Gasteiger partial charge in [0.25, 0.3) is 0 Å². The van der Waals surface area contributed by atoms with Gasteiger partial charge >= 0.3 is 6.18 Å². The Labute approximate surface area is 121 Å². The van der Waals surface area contributed by atoms with Gasteiger partial charge in [-0.3, -0.25) is 0 Å². The lowest BCUT2D eigenvalue weighted by atomic mass is 9.80. The minimum Gasteiger partial charge on any atom is -0.474 e. The van der Waals surface area contributed by atoms with Crippen LogP contribution in [0.5, 0.6) is 5.88 Å². The number of pyridine rings is 1. The van der Waals surface area contributed by atoms with Crippen LogP contribution in [0.4, 0.5) is 13.2 Å². The van der Waals surface area contributed by atoms with Gasteiger partial charge in [-0.2, -0.15) is 13.2 Å². The smallest absolute Gasteiger partial charge is 0.416 e. The normalized spacial score (nSPS) is 27.4. The Morgan fingerprint density at radius 3 is 2.50 bits per heavy atom. The van der Waals surface area contributed by atoms with Gasteiger partial charge in [0.15, 0.2) is 0 Å². The maximum absolute atomic E-state index is 12.7. The SMILES string of the molecule is CC1CCC(Oc2cc(C(F)(F)F)cc(Cl)n2)CC1C. The highest BCUT2D eigenvalue weighted by atomic mass is 35.5. The molecule has 1 fully saturated rings. The number of halogens is 4. The number of rotatable bonds is 2. The number of hydrogen-bond donors (Lipinski definition) is 0. The first-order chi connectivity index (χ1) is 9.25. The molecule has 1 aromatic heterocycles. The molecule has 2 rings (SSSR count). The van der Waals surface area contributed by atoms with Crippen LogP contribution in [0.15, 0.2) is 12.1 Å². The van der Waals surface area contributed by atoms with Crippen molar-refractivity contribution in [3.8, 4) is 5.88 Å². The fourth-order valence-corrected chi connectivity index (χ4v) is 2.67. The van der Waals surface area contributed by atoms with Crippen molar-refractivity contribution >= 4 is 11.6 Å². The molecular formula is C14H17ClF3NO. The van der Waals surface area contributed by atoms with Gasteiger partial charge in [-0.05, 0) is 37.2 Å². The zero-order chi connectivity index (χ0) is 14.9. The van der Waals surface area contributed by atoms with Gasteiger partial charge in [0.05, 0.1) is 5.56 Å². The first kappa shape index (κ1) is 15.4. The Kier molecular flexibility index (Phi) is 4.47. The monoisotopic (exact) mass is 307 g/mol. The summed E-state index contributed by atoms with van der Waals surface area (Å²) in [7, 11) is 0. The van der Waals surface area contributed by atoms with E-state index >= 15 is 0 Å². The Balaban J connectivity index is 2.12. The molecule has 0 amide bonds. The second-order valence-electron chi connectivity index (χ2n) is 5.52. The lowest BCUT2D eigenvalue weighted by Crippen LogP contribution is -2.29. The maximum Gasteiger partial charge on any atom is 0.416 e. The third kappa shape index (κ3) is 3.78. The van der Waals surface area contributed by atoms with E-state index in [1.54, 1.807) is 0 Å². The second-order valence-corrected chi connectivity index (χ2v) is 5.91. The van der Waals surface area contributed by atoms with Crippen LogP contribution in [0.2, 0.25) is 5.15 Å². The highest BCUT2D eigenvalue weighted by molar-refractivity contribution is 6.29. The summed E-state index contributed by atoms with van der Waals surface area (Å²) >= 11 is 5.63. The van der Waals surface area contributed by atoms with E-state index in [0.29, 0.717) is 11.8 Å². The molecule has 2 nitrogen and oxygen atoms in total. The van der Waals surface area contributed by atoms with Gasteiger partial charge in [0.2, 0.25) is 5.88 Å². The molecule has 1 saturated carbocycles. The van der Waals surface area contributed by atoms with E-state index in [-0.39, 0.29) is 17.1 Å². The number of nitrogens with zero attached hydrogens (tertiary/aromatic N) is 1. The van der Waals surface area contributed by atoms with Gasteiger partial charge in [0, 0.05) is 6.07 Å². The average Bonchev–Trinajstić information content (AvgIpc) is 2.32. The van der Waals surface area contributed by atoms with Crippen molar-refractivity contribution in [3.05, 3.63) is 22.8 Å². The van der Waals surface area contributed by atoms with Gasteiger partial charge < -0.3 is 4.74 Å². The molecule has 1 aliphatic carbocycles. The highest BCUT2D eigenvalue weighted by Crippen LogP contribution is 2.35. The van der Waals surface area contributed by atoms with Crippen molar-refractivity contribution < 1.29 is 17.9 Å². The first-order valence-corrected chi connectivity index (χ1v) is 7.05. The van der Waals surface area contributed by atoms with E-state index < -0.39 is 11.7 Å². The van der Waals surface area contributed by atoms with Crippen molar-refractivity contribution in [2.75, 3.05) is 0 Å². The summed E-state index contributed by atoms with van der Waals surface area (Å²) < 4.78 is 43.7. The zero-order valence-electron chi connectivity index (χ0n) is 11.4. The predicted octanol–water partition coefficient (Wildman–Crippen LogP) is 4.96. The largest absolute Gasteiger partial charge is 0.474 e. The van der Waals surface area contributed by atoms with Crippen molar-refractivity contribution in [1.29, 1.82) is 0 Å². The standard InChI is InChI=1S/C14H17ClF3NO/c1-8-3-4-11(5-9(8)2)20-13-7-10(14(16,17)18)6-12(15)19-13/h6-9,11H,3-5H2,1-2H3. The molecule has 1 heterocycles. The molecule has 1 aliphatic rings. The molecule has 0 N–H and O–H groups in total. The van der Waals surface area contributed by atoms with Crippen LogP contribution in [0.3, 0.4) is 0 Å². The Morgan fingerprint density at radius 2 is 1.90 bits per heavy atom. The van der Waals surface area contributed by atoms with Crippen LogP contribution < -0.4 is 4.74 Å². The topological polar surface area (TPSA) is 22.1 Å². The molecule has 3 atom stereocenters. The molecule has 0 aliphatic heterocycles. The summed E-state index contributed by atoms with van der Waals surface area (Å²) in [5.41, 5.74) is -0.829. The maximum atomic E-state index is 12.7. The quantitative estimate of drug-likeness (QED) is 0.721.